The van der Waals surface area contributed by atoms with Gasteiger partial charge in [0.25, 0.3) is 0 Å². The van der Waals surface area contributed by atoms with Crippen LogP contribution in [0.15, 0.2) is 16.7 Å². The van der Waals surface area contributed by atoms with Crippen LogP contribution in [-0.2, 0) is 13.0 Å². The van der Waals surface area contributed by atoms with Gasteiger partial charge in [0.05, 0.1) is 14.9 Å². The molecule has 16 heavy (non-hydrogen) atoms. The zero-order valence-electron chi connectivity index (χ0n) is 8.54. The van der Waals surface area contributed by atoms with E-state index in [-0.39, 0.29) is 0 Å². The quantitative estimate of drug-likeness (QED) is 0.764. The minimum absolute atomic E-state index is 0.819. The molecule has 0 aromatic carbocycles. The Morgan fingerprint density at radius 3 is 3.00 bits per heavy atom. The van der Waals surface area contributed by atoms with Crippen LogP contribution >= 0.6 is 38.9 Å². The van der Waals surface area contributed by atoms with Crippen LogP contribution in [0.3, 0.4) is 0 Å². The maximum Gasteiger partial charge on any atom is 0.151 e. The molecule has 2 aromatic heterocycles. The third-order valence-corrected chi connectivity index (χ3v) is 4.72. The number of hydrogen-bond donors (Lipinski definition) is 0. The van der Waals surface area contributed by atoms with Crippen molar-refractivity contribution >= 4 is 38.9 Å². The predicted octanol–water partition coefficient (Wildman–Crippen LogP) is 4.36. The van der Waals surface area contributed by atoms with Crippen LogP contribution in [-0.4, -0.2) is 9.55 Å². The highest BCUT2D eigenvalue weighted by molar-refractivity contribution is 9.10. The van der Waals surface area contributed by atoms with Gasteiger partial charge in [-0.25, -0.2) is 4.98 Å². The Balaban J connectivity index is 2.14. The van der Waals surface area contributed by atoms with Gasteiger partial charge in [0.1, 0.15) is 4.60 Å². The largest absolute Gasteiger partial charge is 0.326 e. The first kappa shape index (κ1) is 10.8. The molecule has 0 amide bonds. The number of imidazole rings is 1. The fourth-order valence-electron chi connectivity index (χ4n) is 2.12. The highest BCUT2D eigenvalue weighted by atomic mass is 79.9. The van der Waals surface area contributed by atoms with E-state index in [0.717, 1.165) is 32.6 Å². The highest BCUT2D eigenvalue weighted by Crippen LogP contribution is 2.35. The summed E-state index contributed by atoms with van der Waals surface area (Å²) in [6, 6.07) is 3.98. The first-order valence-corrected chi connectivity index (χ1v) is 7.25. The van der Waals surface area contributed by atoms with Gasteiger partial charge >= 0.3 is 0 Å². The number of thiophene rings is 1. The topological polar surface area (TPSA) is 17.8 Å². The van der Waals surface area contributed by atoms with Crippen molar-refractivity contribution in [2.75, 3.05) is 0 Å². The van der Waals surface area contributed by atoms with Crippen LogP contribution in [0, 0.1) is 0 Å². The molecule has 5 heteroatoms. The maximum atomic E-state index is 5.97. The van der Waals surface area contributed by atoms with Gasteiger partial charge in [0.15, 0.2) is 5.82 Å². The van der Waals surface area contributed by atoms with Gasteiger partial charge in [-0.3, -0.25) is 0 Å². The zero-order valence-corrected chi connectivity index (χ0v) is 11.7. The smallest absolute Gasteiger partial charge is 0.151 e. The lowest BCUT2D eigenvalue weighted by molar-refractivity contribution is 0.535. The molecular weight excluding hydrogens is 308 g/mol. The number of hydrogen-bond acceptors (Lipinski definition) is 2. The van der Waals surface area contributed by atoms with E-state index in [1.165, 1.54) is 18.5 Å². The Bertz CT molecular complexity index is 532. The van der Waals surface area contributed by atoms with Crippen molar-refractivity contribution in [2.24, 2.45) is 0 Å². The highest BCUT2D eigenvalue weighted by Gasteiger charge is 2.20. The molecule has 0 fully saturated rings. The summed E-state index contributed by atoms with van der Waals surface area (Å²) in [6.45, 7) is 1.07. The molecule has 2 nitrogen and oxygen atoms in total. The summed E-state index contributed by atoms with van der Waals surface area (Å²) in [5.41, 5.74) is 1.32. The van der Waals surface area contributed by atoms with Gasteiger partial charge < -0.3 is 4.57 Å². The van der Waals surface area contributed by atoms with E-state index in [0.29, 0.717) is 0 Å². The van der Waals surface area contributed by atoms with Gasteiger partial charge in [-0.1, -0.05) is 11.6 Å². The fourth-order valence-corrected chi connectivity index (χ4v) is 3.74. The summed E-state index contributed by atoms with van der Waals surface area (Å²) in [5.74, 6) is 1.05. The molecule has 1 aliphatic rings. The van der Waals surface area contributed by atoms with Crippen molar-refractivity contribution in [3.8, 4) is 10.7 Å². The molecule has 0 aliphatic carbocycles. The normalized spacial score (nSPS) is 15.1. The zero-order chi connectivity index (χ0) is 11.1. The summed E-state index contributed by atoms with van der Waals surface area (Å²) in [5, 5.41) is 0. The molecule has 0 atom stereocenters. The van der Waals surface area contributed by atoms with Crippen molar-refractivity contribution in [1.29, 1.82) is 0 Å². The lowest BCUT2D eigenvalue weighted by Gasteiger charge is -2.16. The van der Waals surface area contributed by atoms with E-state index in [2.05, 4.69) is 25.5 Å². The Morgan fingerprint density at radius 1 is 1.38 bits per heavy atom. The second kappa shape index (κ2) is 4.17. The summed E-state index contributed by atoms with van der Waals surface area (Å²) in [7, 11) is 0. The van der Waals surface area contributed by atoms with E-state index >= 15 is 0 Å². The van der Waals surface area contributed by atoms with Crippen molar-refractivity contribution in [2.45, 2.75) is 25.8 Å². The second-order valence-corrected chi connectivity index (χ2v) is 6.35. The number of halogens is 2. The lowest BCUT2D eigenvalue weighted by Crippen LogP contribution is -2.10. The molecule has 0 unspecified atom stereocenters. The second-order valence-electron chi connectivity index (χ2n) is 3.89. The minimum atomic E-state index is 0.819. The third kappa shape index (κ3) is 1.73. The van der Waals surface area contributed by atoms with Crippen LogP contribution in [0.1, 0.15) is 18.5 Å². The Morgan fingerprint density at radius 2 is 2.25 bits per heavy atom. The summed E-state index contributed by atoms with van der Waals surface area (Å²) < 4.78 is 4.13. The predicted molar refractivity (Wildman–Crippen MR) is 71.2 cm³/mol. The molecular formula is C11H10BrClN2S. The molecule has 0 saturated heterocycles. The fraction of sp³-hybridized carbons (Fsp3) is 0.364. The maximum absolute atomic E-state index is 5.97. The van der Waals surface area contributed by atoms with Gasteiger partial charge in [-0.05, 0) is 47.3 Å². The molecule has 0 spiro atoms. The van der Waals surface area contributed by atoms with Gasteiger partial charge in [0.2, 0.25) is 0 Å². The van der Waals surface area contributed by atoms with Crippen LogP contribution < -0.4 is 0 Å². The molecule has 0 N–H and O–H groups in total. The van der Waals surface area contributed by atoms with Gasteiger partial charge in [-0.2, -0.15) is 0 Å². The molecule has 1 aliphatic heterocycles. The van der Waals surface area contributed by atoms with Crippen LogP contribution in [0.2, 0.25) is 4.34 Å². The van der Waals surface area contributed by atoms with Crippen molar-refractivity contribution in [3.05, 3.63) is 26.8 Å². The molecule has 0 saturated carbocycles. The SMILES string of the molecule is Clc1ccc(-c2nc(Br)c3n2CCCC3)s1. The summed E-state index contributed by atoms with van der Waals surface area (Å²) in [6.07, 6.45) is 3.61. The number of nitrogens with zero attached hydrogens (tertiary/aromatic N) is 2. The number of rotatable bonds is 1. The molecule has 2 aromatic rings. The number of aromatic nitrogens is 2. The van der Waals surface area contributed by atoms with Crippen molar-refractivity contribution in [3.63, 3.8) is 0 Å². The monoisotopic (exact) mass is 316 g/mol. The average Bonchev–Trinajstić information content (AvgIpc) is 2.84. The Kier molecular flexibility index (Phi) is 2.81. The van der Waals surface area contributed by atoms with E-state index in [1.54, 1.807) is 11.3 Å². The standard InChI is InChI=1S/C11H10BrClN2S/c12-10-7-3-1-2-6-15(7)11(14-10)8-4-5-9(13)16-8/h4-5H,1-3,6H2. The average molecular weight is 318 g/mol. The molecule has 3 rings (SSSR count). The lowest BCUT2D eigenvalue weighted by atomic mass is 10.1. The molecule has 0 radical (unpaired) electrons. The summed E-state index contributed by atoms with van der Waals surface area (Å²) in [4.78, 5) is 5.76. The van der Waals surface area contributed by atoms with E-state index in [4.69, 9.17) is 11.6 Å². The number of fused-ring (bicyclic) bond motifs is 1. The Labute approximate surface area is 111 Å². The van der Waals surface area contributed by atoms with Gasteiger partial charge in [-0.15, -0.1) is 11.3 Å². The Hall–Kier alpha value is -0.320. The van der Waals surface area contributed by atoms with Crippen molar-refractivity contribution < 1.29 is 0 Å². The van der Waals surface area contributed by atoms with E-state index in [1.807, 2.05) is 12.1 Å². The van der Waals surface area contributed by atoms with Crippen LogP contribution in [0.5, 0.6) is 0 Å². The van der Waals surface area contributed by atoms with Gasteiger partial charge in [0, 0.05) is 6.54 Å². The third-order valence-electron chi connectivity index (χ3n) is 2.86. The van der Waals surface area contributed by atoms with Crippen LogP contribution in [0.4, 0.5) is 0 Å². The minimum Gasteiger partial charge on any atom is -0.326 e. The molecule has 0 bridgehead atoms. The summed E-state index contributed by atoms with van der Waals surface area (Å²) >= 11 is 11.1. The van der Waals surface area contributed by atoms with Crippen LogP contribution in [0.25, 0.3) is 10.7 Å². The molecule has 3 heterocycles. The molecule has 84 valence electrons. The first-order valence-electron chi connectivity index (χ1n) is 5.26. The van der Waals surface area contributed by atoms with E-state index in [9.17, 15) is 0 Å². The first-order chi connectivity index (χ1) is 7.75. The van der Waals surface area contributed by atoms with Crippen molar-refractivity contribution in [1.82, 2.24) is 9.55 Å². The van der Waals surface area contributed by atoms with E-state index < -0.39 is 0 Å².